The summed E-state index contributed by atoms with van der Waals surface area (Å²) < 4.78 is 5.27. The van der Waals surface area contributed by atoms with E-state index in [1.54, 1.807) is 11.3 Å². The number of nitrogens with zero attached hydrogens (tertiary/aromatic N) is 3. The van der Waals surface area contributed by atoms with Crippen LogP contribution in [0.15, 0.2) is 22.0 Å². The van der Waals surface area contributed by atoms with E-state index in [9.17, 15) is 4.79 Å². The fourth-order valence-corrected chi connectivity index (χ4v) is 4.87. The first-order valence-electron chi connectivity index (χ1n) is 9.16. The van der Waals surface area contributed by atoms with Crippen LogP contribution in [0.4, 0.5) is 0 Å². The van der Waals surface area contributed by atoms with Crippen molar-refractivity contribution in [1.29, 1.82) is 0 Å². The number of hydrogen-bond donors (Lipinski definition) is 2. The Balaban J connectivity index is 1.30. The SMILES string of the molecule is CN1CC2(CCNCC2)CC1C(=O)NCc1nc(Cc2cccs2)no1. The fourth-order valence-electron chi connectivity index (χ4n) is 4.17. The van der Waals surface area contributed by atoms with Gasteiger partial charge in [-0.05, 0) is 56.3 Å². The highest BCUT2D eigenvalue weighted by molar-refractivity contribution is 7.09. The van der Waals surface area contributed by atoms with Gasteiger partial charge < -0.3 is 15.2 Å². The van der Waals surface area contributed by atoms with Gasteiger partial charge in [-0.15, -0.1) is 11.3 Å². The number of carbonyl (C=O) groups is 1. The van der Waals surface area contributed by atoms with Crippen LogP contribution in [0.3, 0.4) is 0 Å². The van der Waals surface area contributed by atoms with Crippen molar-refractivity contribution in [3.63, 3.8) is 0 Å². The van der Waals surface area contributed by atoms with Crippen LogP contribution in [0.25, 0.3) is 0 Å². The molecule has 2 fully saturated rings. The highest BCUT2D eigenvalue weighted by Gasteiger charge is 2.45. The van der Waals surface area contributed by atoms with Gasteiger partial charge in [0.1, 0.15) is 0 Å². The maximum atomic E-state index is 12.7. The monoisotopic (exact) mass is 375 g/mol. The molecule has 26 heavy (non-hydrogen) atoms. The zero-order chi connectivity index (χ0) is 18.0. The second-order valence-electron chi connectivity index (χ2n) is 7.46. The van der Waals surface area contributed by atoms with E-state index in [4.69, 9.17) is 4.52 Å². The topological polar surface area (TPSA) is 83.3 Å². The number of nitrogens with one attached hydrogen (secondary N) is 2. The van der Waals surface area contributed by atoms with Crippen molar-refractivity contribution in [2.45, 2.75) is 38.3 Å². The number of aromatic nitrogens is 2. The van der Waals surface area contributed by atoms with Gasteiger partial charge in [0.25, 0.3) is 0 Å². The average molecular weight is 375 g/mol. The molecular weight excluding hydrogens is 350 g/mol. The van der Waals surface area contributed by atoms with E-state index in [2.05, 4.69) is 31.7 Å². The molecule has 1 atom stereocenters. The third kappa shape index (κ3) is 3.82. The lowest BCUT2D eigenvalue weighted by atomic mass is 9.77. The first kappa shape index (κ1) is 17.6. The minimum absolute atomic E-state index is 0.0564. The van der Waals surface area contributed by atoms with E-state index in [1.165, 1.54) is 4.88 Å². The summed E-state index contributed by atoms with van der Waals surface area (Å²) in [5.74, 6) is 1.17. The van der Waals surface area contributed by atoms with Gasteiger partial charge in [-0.3, -0.25) is 9.69 Å². The van der Waals surface area contributed by atoms with Crippen molar-refractivity contribution < 1.29 is 9.32 Å². The third-order valence-corrected chi connectivity index (χ3v) is 6.42. The van der Waals surface area contributed by atoms with Gasteiger partial charge in [0, 0.05) is 17.8 Å². The molecule has 0 bridgehead atoms. The molecule has 8 heteroatoms. The molecule has 4 rings (SSSR count). The van der Waals surface area contributed by atoms with Crippen LogP contribution in [0.2, 0.25) is 0 Å². The molecule has 0 radical (unpaired) electrons. The summed E-state index contributed by atoms with van der Waals surface area (Å²) in [6.07, 6.45) is 3.90. The van der Waals surface area contributed by atoms with Crippen molar-refractivity contribution in [3.05, 3.63) is 34.1 Å². The highest BCUT2D eigenvalue weighted by Crippen LogP contribution is 2.41. The molecule has 4 heterocycles. The molecule has 1 unspecified atom stereocenters. The van der Waals surface area contributed by atoms with E-state index >= 15 is 0 Å². The second-order valence-corrected chi connectivity index (χ2v) is 8.50. The van der Waals surface area contributed by atoms with Gasteiger partial charge in [0.15, 0.2) is 5.82 Å². The predicted molar refractivity (Wildman–Crippen MR) is 98.8 cm³/mol. The summed E-state index contributed by atoms with van der Waals surface area (Å²) in [6, 6.07) is 3.99. The van der Waals surface area contributed by atoms with E-state index in [0.29, 0.717) is 23.6 Å². The average Bonchev–Trinajstić information content (AvgIpc) is 3.36. The maximum absolute atomic E-state index is 12.7. The molecule has 2 aliphatic rings. The van der Waals surface area contributed by atoms with Crippen molar-refractivity contribution >= 4 is 17.2 Å². The van der Waals surface area contributed by atoms with Gasteiger partial charge in [-0.25, -0.2) is 0 Å². The molecule has 0 aromatic carbocycles. The molecule has 7 nitrogen and oxygen atoms in total. The lowest BCUT2D eigenvalue weighted by Gasteiger charge is -2.33. The van der Waals surface area contributed by atoms with Crippen LogP contribution in [0.1, 0.15) is 35.9 Å². The van der Waals surface area contributed by atoms with Crippen molar-refractivity contribution in [2.24, 2.45) is 5.41 Å². The number of hydrogen-bond acceptors (Lipinski definition) is 7. The lowest BCUT2D eigenvalue weighted by Crippen LogP contribution is -2.41. The minimum Gasteiger partial charge on any atom is -0.346 e. The minimum atomic E-state index is -0.0680. The normalized spacial score (nSPS) is 22.7. The Morgan fingerprint density at radius 3 is 3.12 bits per heavy atom. The first-order valence-corrected chi connectivity index (χ1v) is 10.0. The Kier molecular flexibility index (Phi) is 5.06. The van der Waals surface area contributed by atoms with E-state index in [-0.39, 0.29) is 18.5 Å². The number of carbonyl (C=O) groups excluding carboxylic acids is 1. The Morgan fingerprint density at radius 1 is 1.50 bits per heavy atom. The first-order chi connectivity index (χ1) is 12.6. The van der Waals surface area contributed by atoms with Crippen LogP contribution in [-0.4, -0.2) is 53.7 Å². The number of amides is 1. The van der Waals surface area contributed by atoms with Crippen molar-refractivity contribution in [2.75, 3.05) is 26.7 Å². The van der Waals surface area contributed by atoms with E-state index < -0.39 is 0 Å². The zero-order valence-electron chi connectivity index (χ0n) is 15.0. The Hall–Kier alpha value is -1.77. The van der Waals surface area contributed by atoms with Crippen LogP contribution in [0.5, 0.6) is 0 Å². The second kappa shape index (κ2) is 7.46. The number of rotatable bonds is 5. The summed E-state index contributed by atoms with van der Waals surface area (Å²) in [5, 5.41) is 12.4. The predicted octanol–water partition coefficient (Wildman–Crippen LogP) is 1.41. The van der Waals surface area contributed by atoms with Crippen LogP contribution in [0, 0.1) is 5.41 Å². The maximum Gasteiger partial charge on any atom is 0.246 e. The number of likely N-dealkylation sites (tertiary alicyclic amines) is 1. The molecule has 140 valence electrons. The summed E-state index contributed by atoms with van der Waals surface area (Å²) in [7, 11) is 2.05. The smallest absolute Gasteiger partial charge is 0.246 e. The number of piperidine rings is 1. The number of likely N-dealkylation sites (N-methyl/N-ethyl adjacent to an activating group) is 1. The largest absolute Gasteiger partial charge is 0.346 e. The van der Waals surface area contributed by atoms with Gasteiger partial charge in [0.2, 0.25) is 11.8 Å². The van der Waals surface area contributed by atoms with Crippen LogP contribution >= 0.6 is 11.3 Å². The molecule has 1 amide bonds. The summed E-state index contributed by atoms with van der Waals surface area (Å²) in [4.78, 5) is 20.4. The summed E-state index contributed by atoms with van der Waals surface area (Å²) >= 11 is 1.67. The fraction of sp³-hybridized carbons (Fsp3) is 0.611. The summed E-state index contributed by atoms with van der Waals surface area (Å²) in [6.45, 7) is 3.39. The number of thiophene rings is 1. The van der Waals surface area contributed by atoms with Gasteiger partial charge in [-0.1, -0.05) is 11.2 Å². The molecule has 2 aromatic heterocycles. The van der Waals surface area contributed by atoms with Gasteiger partial charge in [0.05, 0.1) is 12.6 Å². The van der Waals surface area contributed by atoms with Crippen molar-refractivity contribution in [1.82, 2.24) is 25.7 Å². The molecule has 0 saturated carbocycles. The van der Waals surface area contributed by atoms with Crippen LogP contribution in [-0.2, 0) is 17.8 Å². The quantitative estimate of drug-likeness (QED) is 0.822. The van der Waals surface area contributed by atoms with Gasteiger partial charge in [-0.2, -0.15) is 4.98 Å². The standard InChI is InChI=1S/C18H25N5O2S/c1-23-12-18(4-6-19-7-5-18)10-14(23)17(24)20-11-16-21-15(22-25-16)9-13-3-2-8-26-13/h2-3,8,14,19H,4-7,9-12H2,1H3,(H,20,24). The van der Waals surface area contributed by atoms with E-state index in [1.807, 2.05) is 18.5 Å². The Bertz CT molecular complexity index is 739. The molecule has 1 spiro atoms. The summed E-state index contributed by atoms with van der Waals surface area (Å²) in [5.41, 5.74) is 0.292. The Morgan fingerprint density at radius 2 is 2.35 bits per heavy atom. The molecule has 2 saturated heterocycles. The van der Waals surface area contributed by atoms with Crippen LogP contribution < -0.4 is 10.6 Å². The lowest BCUT2D eigenvalue weighted by molar-refractivity contribution is -0.125. The molecule has 2 aromatic rings. The van der Waals surface area contributed by atoms with Gasteiger partial charge >= 0.3 is 0 Å². The Labute approximate surface area is 157 Å². The molecule has 2 N–H and O–H groups in total. The zero-order valence-corrected chi connectivity index (χ0v) is 15.8. The third-order valence-electron chi connectivity index (χ3n) is 5.55. The molecular formula is C18H25N5O2S. The van der Waals surface area contributed by atoms with E-state index in [0.717, 1.165) is 38.9 Å². The van der Waals surface area contributed by atoms with Crippen molar-refractivity contribution in [3.8, 4) is 0 Å². The molecule has 0 aliphatic carbocycles. The molecule has 2 aliphatic heterocycles. The highest BCUT2D eigenvalue weighted by atomic mass is 32.1.